The number of amides is 1. The Labute approximate surface area is 406 Å². The third-order valence-electron chi connectivity index (χ3n) is 13.8. The topological polar surface area (TPSA) is 95.9 Å². The van der Waals surface area contributed by atoms with Gasteiger partial charge in [-0.25, -0.2) is 0 Å². The lowest BCUT2D eigenvalue weighted by molar-refractivity contribution is -0.143. The molecule has 0 heterocycles. The Morgan fingerprint density at radius 3 is 1.09 bits per heavy atom. The van der Waals surface area contributed by atoms with E-state index >= 15 is 0 Å². The first kappa shape index (κ1) is 63.6. The van der Waals surface area contributed by atoms with Crippen LogP contribution in [0.4, 0.5) is 0 Å². The molecule has 0 saturated heterocycles. The molecule has 3 N–H and O–H groups in total. The Kier molecular flexibility index (Phi) is 54.0. The molecule has 0 aliphatic heterocycles. The Bertz CT molecular complexity index is 970. The Morgan fingerprint density at radius 1 is 0.415 bits per heavy atom. The highest BCUT2D eigenvalue weighted by Gasteiger charge is 2.20. The number of nitrogens with one attached hydrogen (secondary N) is 1. The summed E-state index contributed by atoms with van der Waals surface area (Å²) in [6.45, 7) is 4.94. The molecule has 0 radical (unpaired) electrons. The van der Waals surface area contributed by atoms with Crippen LogP contribution in [0.1, 0.15) is 328 Å². The number of ether oxygens (including phenoxy) is 1. The second-order valence-electron chi connectivity index (χ2n) is 20.3. The Hall–Kier alpha value is -1.40. The lowest BCUT2D eigenvalue weighted by atomic mass is 10.0. The standard InChI is InChI=1S/C59H115NO5/c1-3-5-7-9-11-13-15-17-19-21-25-29-33-37-41-45-49-53-59(64)65-54-50-46-42-38-34-30-26-22-24-28-32-36-40-44-48-52-58(63)60-56(55-61)57(62)51-47-43-39-35-31-27-23-20-18-16-14-12-10-8-6-4-2/h26,30,56-57,61-62H,3-25,27-29,31-55H2,1-2H3,(H,60,63)/b30-26-. The summed E-state index contributed by atoms with van der Waals surface area (Å²) in [5, 5.41) is 23.3. The molecule has 6 nitrogen and oxygen atoms in total. The molecule has 0 aliphatic carbocycles. The summed E-state index contributed by atoms with van der Waals surface area (Å²) in [6, 6.07) is -0.552. The molecular weight excluding hydrogens is 803 g/mol. The van der Waals surface area contributed by atoms with E-state index in [1.165, 1.54) is 225 Å². The maximum Gasteiger partial charge on any atom is 0.305 e. The number of aliphatic hydroxyl groups excluding tert-OH is 2. The average Bonchev–Trinajstić information content (AvgIpc) is 3.31. The maximum absolute atomic E-state index is 12.5. The van der Waals surface area contributed by atoms with Crippen molar-refractivity contribution < 1.29 is 24.5 Å². The van der Waals surface area contributed by atoms with Crippen molar-refractivity contribution in [2.45, 2.75) is 341 Å². The molecular formula is C59H115NO5. The summed E-state index contributed by atoms with van der Waals surface area (Å²) in [4.78, 5) is 24.5. The van der Waals surface area contributed by atoms with Gasteiger partial charge in [0.25, 0.3) is 0 Å². The van der Waals surface area contributed by atoms with Gasteiger partial charge in [0.15, 0.2) is 0 Å². The first-order valence-electron chi connectivity index (χ1n) is 29.4. The van der Waals surface area contributed by atoms with Crippen molar-refractivity contribution >= 4 is 11.9 Å². The molecule has 1 amide bonds. The minimum absolute atomic E-state index is 0.00540. The largest absolute Gasteiger partial charge is 0.466 e. The van der Waals surface area contributed by atoms with E-state index in [4.69, 9.17) is 4.74 Å². The lowest BCUT2D eigenvalue weighted by Gasteiger charge is -2.22. The number of hydrogen-bond acceptors (Lipinski definition) is 5. The summed E-state index contributed by atoms with van der Waals surface area (Å²) >= 11 is 0. The summed E-state index contributed by atoms with van der Waals surface area (Å²) < 4.78 is 5.48. The highest BCUT2D eigenvalue weighted by atomic mass is 16.5. The number of aliphatic hydroxyl groups is 2. The zero-order valence-electron chi connectivity index (χ0n) is 44.0. The summed E-state index contributed by atoms with van der Waals surface area (Å²) in [5.74, 6) is -0.0530. The van der Waals surface area contributed by atoms with Gasteiger partial charge in [0, 0.05) is 12.8 Å². The van der Waals surface area contributed by atoms with Crippen LogP contribution in [0.3, 0.4) is 0 Å². The number of carbonyl (C=O) groups is 2. The maximum atomic E-state index is 12.5. The normalized spacial score (nSPS) is 12.6. The number of unbranched alkanes of at least 4 members (excludes halogenated alkanes) is 42. The predicted octanol–water partition coefficient (Wildman–Crippen LogP) is 18.1. The van der Waals surface area contributed by atoms with Crippen molar-refractivity contribution in [1.82, 2.24) is 5.32 Å². The van der Waals surface area contributed by atoms with E-state index < -0.39 is 12.1 Å². The molecule has 2 unspecified atom stereocenters. The highest BCUT2D eigenvalue weighted by Crippen LogP contribution is 2.18. The molecule has 2 atom stereocenters. The van der Waals surface area contributed by atoms with E-state index in [9.17, 15) is 19.8 Å². The van der Waals surface area contributed by atoms with Gasteiger partial charge in [0.1, 0.15) is 0 Å². The van der Waals surface area contributed by atoms with Crippen molar-refractivity contribution in [3.05, 3.63) is 12.2 Å². The van der Waals surface area contributed by atoms with E-state index in [-0.39, 0.29) is 18.5 Å². The average molecular weight is 919 g/mol. The molecule has 0 aromatic carbocycles. The summed E-state index contributed by atoms with van der Waals surface area (Å²) in [6.07, 6.45) is 64.9. The molecule has 0 aliphatic rings. The van der Waals surface area contributed by atoms with E-state index in [1.807, 2.05) is 0 Å². The van der Waals surface area contributed by atoms with Crippen LogP contribution in [0, 0.1) is 0 Å². The number of rotatable bonds is 55. The minimum atomic E-state index is -0.673. The van der Waals surface area contributed by atoms with Gasteiger partial charge in [-0.15, -0.1) is 0 Å². The SMILES string of the molecule is CCCCCCCCCCCCCCCCCCCC(=O)OCCCCCC/C=C\CCCCCCCCCC(=O)NC(CO)C(O)CCCCCCCCCCCCCCCCCC. The van der Waals surface area contributed by atoms with Crippen LogP contribution in [-0.4, -0.2) is 47.4 Å². The van der Waals surface area contributed by atoms with Gasteiger partial charge < -0.3 is 20.3 Å². The van der Waals surface area contributed by atoms with Crippen LogP contribution in [0.5, 0.6) is 0 Å². The van der Waals surface area contributed by atoms with Gasteiger partial charge in [-0.05, 0) is 51.4 Å². The fraction of sp³-hybridized carbons (Fsp3) is 0.932. The van der Waals surface area contributed by atoms with Gasteiger partial charge in [-0.1, -0.05) is 276 Å². The van der Waals surface area contributed by atoms with Crippen molar-refractivity contribution in [3.8, 4) is 0 Å². The molecule has 0 aromatic heterocycles. The molecule has 0 rings (SSSR count). The van der Waals surface area contributed by atoms with Gasteiger partial charge in [-0.3, -0.25) is 9.59 Å². The van der Waals surface area contributed by atoms with Crippen LogP contribution in [0.2, 0.25) is 0 Å². The Balaban J connectivity index is 3.44. The molecule has 0 bridgehead atoms. The predicted molar refractivity (Wildman–Crippen MR) is 283 cm³/mol. The first-order valence-corrected chi connectivity index (χ1v) is 29.4. The van der Waals surface area contributed by atoms with Gasteiger partial charge in [0.05, 0.1) is 25.4 Å². The van der Waals surface area contributed by atoms with Crippen molar-refractivity contribution in [2.24, 2.45) is 0 Å². The van der Waals surface area contributed by atoms with E-state index in [2.05, 4.69) is 31.3 Å². The molecule has 0 fully saturated rings. The quantitative estimate of drug-likeness (QED) is 0.0321. The summed E-state index contributed by atoms with van der Waals surface area (Å²) in [5.41, 5.74) is 0. The third-order valence-corrected chi connectivity index (χ3v) is 13.8. The van der Waals surface area contributed by atoms with Crippen molar-refractivity contribution in [2.75, 3.05) is 13.2 Å². The van der Waals surface area contributed by atoms with E-state index in [1.54, 1.807) is 0 Å². The smallest absolute Gasteiger partial charge is 0.305 e. The van der Waals surface area contributed by atoms with Crippen molar-refractivity contribution in [3.63, 3.8) is 0 Å². The minimum Gasteiger partial charge on any atom is -0.466 e. The summed E-state index contributed by atoms with van der Waals surface area (Å²) in [7, 11) is 0. The van der Waals surface area contributed by atoms with Crippen LogP contribution < -0.4 is 5.32 Å². The highest BCUT2D eigenvalue weighted by molar-refractivity contribution is 5.76. The molecule has 6 heteroatoms. The number of carbonyl (C=O) groups excluding carboxylic acids is 2. The third kappa shape index (κ3) is 51.8. The Morgan fingerprint density at radius 2 is 0.723 bits per heavy atom. The van der Waals surface area contributed by atoms with Crippen LogP contribution in [-0.2, 0) is 14.3 Å². The molecule has 65 heavy (non-hydrogen) atoms. The monoisotopic (exact) mass is 918 g/mol. The van der Waals surface area contributed by atoms with Crippen LogP contribution in [0.15, 0.2) is 12.2 Å². The van der Waals surface area contributed by atoms with Crippen LogP contribution >= 0.6 is 0 Å². The van der Waals surface area contributed by atoms with E-state index in [0.29, 0.717) is 25.9 Å². The molecule has 386 valence electrons. The fourth-order valence-electron chi connectivity index (χ4n) is 9.28. The van der Waals surface area contributed by atoms with Crippen molar-refractivity contribution in [1.29, 1.82) is 0 Å². The number of esters is 1. The van der Waals surface area contributed by atoms with Crippen LogP contribution in [0.25, 0.3) is 0 Å². The van der Waals surface area contributed by atoms with Gasteiger partial charge >= 0.3 is 5.97 Å². The van der Waals surface area contributed by atoms with Gasteiger partial charge in [-0.2, -0.15) is 0 Å². The van der Waals surface area contributed by atoms with Gasteiger partial charge in [0.2, 0.25) is 5.91 Å². The second kappa shape index (κ2) is 55.2. The molecule has 0 aromatic rings. The second-order valence-corrected chi connectivity index (χ2v) is 20.3. The lowest BCUT2D eigenvalue weighted by Crippen LogP contribution is -2.45. The van der Waals surface area contributed by atoms with E-state index in [0.717, 1.165) is 70.6 Å². The molecule has 0 saturated carbocycles. The zero-order chi connectivity index (χ0) is 47.2. The number of allylic oxidation sites excluding steroid dienone is 2. The zero-order valence-corrected chi connectivity index (χ0v) is 44.0. The first-order chi connectivity index (χ1) is 32.0. The fourth-order valence-corrected chi connectivity index (χ4v) is 9.28. The molecule has 0 spiro atoms. The number of hydrogen-bond donors (Lipinski definition) is 3.